The number of anilines is 1. The molecule has 0 saturated heterocycles. The third kappa shape index (κ3) is 2.36. The van der Waals surface area contributed by atoms with Gasteiger partial charge in [0.2, 0.25) is 0 Å². The Bertz CT molecular complexity index is 606. The van der Waals surface area contributed by atoms with Gasteiger partial charge in [-0.25, -0.2) is 4.79 Å². The first-order chi connectivity index (χ1) is 9.25. The van der Waals surface area contributed by atoms with Crippen LogP contribution in [0.2, 0.25) is 0 Å². The summed E-state index contributed by atoms with van der Waals surface area (Å²) in [6, 6.07) is 9.49. The van der Waals surface area contributed by atoms with Crippen molar-refractivity contribution in [1.82, 2.24) is 0 Å². The molecule has 3 nitrogen and oxygen atoms in total. The number of carboxylic acids is 1. The summed E-state index contributed by atoms with van der Waals surface area (Å²) in [6.45, 7) is 0. The molecule has 0 aliphatic heterocycles. The van der Waals surface area contributed by atoms with Gasteiger partial charge < -0.3 is 10.4 Å². The molecule has 1 unspecified atom stereocenters. The van der Waals surface area contributed by atoms with E-state index in [2.05, 4.69) is 16.8 Å². The van der Waals surface area contributed by atoms with E-state index in [0.29, 0.717) is 11.3 Å². The molecule has 0 amide bonds. The van der Waals surface area contributed by atoms with Gasteiger partial charge in [0.25, 0.3) is 0 Å². The average molecular weight is 273 g/mol. The molecule has 98 valence electrons. The van der Waals surface area contributed by atoms with Crippen molar-refractivity contribution in [3.63, 3.8) is 0 Å². The molecule has 1 aromatic carbocycles. The summed E-state index contributed by atoms with van der Waals surface area (Å²) in [7, 11) is 0. The lowest BCUT2D eigenvalue weighted by molar-refractivity contribution is 0.0698. The van der Waals surface area contributed by atoms with Gasteiger partial charge >= 0.3 is 5.97 Å². The Morgan fingerprint density at radius 2 is 2.16 bits per heavy atom. The number of carboxylic acid groups (broad SMARTS) is 1. The first-order valence-electron chi connectivity index (χ1n) is 6.41. The number of fused-ring (bicyclic) bond motifs is 1. The van der Waals surface area contributed by atoms with Crippen LogP contribution in [0, 0.1) is 0 Å². The van der Waals surface area contributed by atoms with Crippen molar-refractivity contribution in [3.8, 4) is 0 Å². The molecule has 1 aliphatic carbocycles. The highest BCUT2D eigenvalue weighted by Crippen LogP contribution is 2.36. The average Bonchev–Trinajstić information content (AvgIpc) is 2.88. The smallest absolute Gasteiger partial charge is 0.337 e. The van der Waals surface area contributed by atoms with Gasteiger partial charge in [0.15, 0.2) is 0 Å². The first-order valence-corrected chi connectivity index (χ1v) is 7.29. The van der Waals surface area contributed by atoms with E-state index in [-0.39, 0.29) is 6.04 Å². The largest absolute Gasteiger partial charge is 0.478 e. The SMILES string of the molecule is O=C(O)c1ccccc1NC1CCCc2sccc21. The van der Waals surface area contributed by atoms with Crippen LogP contribution in [-0.4, -0.2) is 11.1 Å². The van der Waals surface area contributed by atoms with Crippen molar-refractivity contribution >= 4 is 23.0 Å². The molecule has 2 aromatic rings. The number of aromatic carboxylic acids is 1. The minimum atomic E-state index is -0.885. The fourth-order valence-electron chi connectivity index (χ4n) is 2.62. The van der Waals surface area contributed by atoms with Crippen LogP contribution in [0.5, 0.6) is 0 Å². The minimum Gasteiger partial charge on any atom is -0.478 e. The molecule has 0 radical (unpaired) electrons. The zero-order valence-electron chi connectivity index (χ0n) is 10.4. The van der Waals surface area contributed by atoms with Crippen LogP contribution in [0.4, 0.5) is 5.69 Å². The van der Waals surface area contributed by atoms with Crippen LogP contribution in [0.1, 0.15) is 39.7 Å². The maximum Gasteiger partial charge on any atom is 0.337 e. The Morgan fingerprint density at radius 3 is 3.00 bits per heavy atom. The van der Waals surface area contributed by atoms with Crippen LogP contribution in [0.3, 0.4) is 0 Å². The number of rotatable bonds is 3. The number of thiophene rings is 1. The number of benzene rings is 1. The lowest BCUT2D eigenvalue weighted by atomic mass is 9.93. The Hall–Kier alpha value is -1.81. The van der Waals surface area contributed by atoms with Gasteiger partial charge in [0.05, 0.1) is 11.6 Å². The number of nitrogens with one attached hydrogen (secondary N) is 1. The molecule has 2 N–H and O–H groups in total. The molecular formula is C15H15NO2S. The lowest BCUT2D eigenvalue weighted by Crippen LogP contribution is -2.17. The van der Waals surface area contributed by atoms with Crippen molar-refractivity contribution in [3.05, 3.63) is 51.7 Å². The molecule has 0 saturated carbocycles. The highest BCUT2D eigenvalue weighted by atomic mass is 32.1. The molecule has 3 rings (SSSR count). The number of hydrogen-bond donors (Lipinski definition) is 2. The summed E-state index contributed by atoms with van der Waals surface area (Å²) in [6.07, 6.45) is 3.35. The van der Waals surface area contributed by atoms with Gasteiger partial charge in [-0.05, 0) is 48.4 Å². The standard InChI is InChI=1S/C15H15NO2S/c17-15(18)11-4-1-2-5-13(11)16-12-6-3-7-14-10(12)8-9-19-14/h1-2,4-5,8-9,12,16H,3,6-7H2,(H,17,18). The van der Waals surface area contributed by atoms with Gasteiger partial charge in [-0.15, -0.1) is 11.3 Å². The maximum atomic E-state index is 11.2. The van der Waals surface area contributed by atoms with Crippen molar-refractivity contribution in [2.24, 2.45) is 0 Å². The second-order valence-electron chi connectivity index (χ2n) is 4.74. The van der Waals surface area contributed by atoms with E-state index in [4.69, 9.17) is 0 Å². The van der Waals surface area contributed by atoms with Crippen molar-refractivity contribution < 1.29 is 9.90 Å². The van der Waals surface area contributed by atoms with Gasteiger partial charge in [-0.3, -0.25) is 0 Å². The van der Waals surface area contributed by atoms with E-state index < -0.39 is 5.97 Å². The quantitative estimate of drug-likeness (QED) is 0.890. The van der Waals surface area contributed by atoms with Gasteiger partial charge in [-0.2, -0.15) is 0 Å². The zero-order valence-corrected chi connectivity index (χ0v) is 11.2. The molecule has 1 atom stereocenters. The number of para-hydroxylation sites is 1. The normalized spacial score (nSPS) is 17.8. The van der Waals surface area contributed by atoms with Crippen molar-refractivity contribution in [2.75, 3.05) is 5.32 Å². The van der Waals surface area contributed by atoms with Crippen LogP contribution in [0.25, 0.3) is 0 Å². The summed E-state index contributed by atoms with van der Waals surface area (Å²) >= 11 is 1.79. The highest BCUT2D eigenvalue weighted by molar-refractivity contribution is 7.10. The fourth-order valence-corrected chi connectivity index (χ4v) is 3.61. The maximum absolute atomic E-state index is 11.2. The van der Waals surface area contributed by atoms with Crippen LogP contribution >= 0.6 is 11.3 Å². The third-order valence-corrected chi connectivity index (χ3v) is 4.54. The van der Waals surface area contributed by atoms with Gasteiger partial charge in [-0.1, -0.05) is 12.1 Å². The summed E-state index contributed by atoms with van der Waals surface area (Å²) in [4.78, 5) is 12.6. The molecule has 4 heteroatoms. The van der Waals surface area contributed by atoms with Gasteiger partial charge in [0, 0.05) is 10.6 Å². The van der Waals surface area contributed by atoms with Crippen LogP contribution < -0.4 is 5.32 Å². The molecule has 0 bridgehead atoms. The monoisotopic (exact) mass is 273 g/mol. The molecule has 1 aromatic heterocycles. The number of aryl methyl sites for hydroxylation is 1. The summed E-state index contributed by atoms with van der Waals surface area (Å²) in [5, 5.41) is 14.7. The number of carbonyl (C=O) groups is 1. The molecule has 0 fully saturated rings. The Morgan fingerprint density at radius 1 is 1.32 bits per heavy atom. The fraction of sp³-hybridized carbons (Fsp3) is 0.267. The summed E-state index contributed by atoms with van der Waals surface area (Å²) in [5.41, 5.74) is 2.38. The minimum absolute atomic E-state index is 0.232. The molecule has 19 heavy (non-hydrogen) atoms. The number of hydrogen-bond acceptors (Lipinski definition) is 3. The Labute approximate surface area is 115 Å². The van der Waals surface area contributed by atoms with Gasteiger partial charge in [0.1, 0.15) is 0 Å². The third-order valence-electron chi connectivity index (χ3n) is 3.54. The van der Waals surface area contributed by atoms with E-state index in [1.807, 2.05) is 12.1 Å². The van der Waals surface area contributed by atoms with E-state index in [9.17, 15) is 9.90 Å². The summed E-state index contributed by atoms with van der Waals surface area (Å²) in [5.74, 6) is -0.885. The van der Waals surface area contributed by atoms with Crippen molar-refractivity contribution in [1.29, 1.82) is 0 Å². The molecule has 0 spiro atoms. The Balaban J connectivity index is 1.90. The van der Waals surface area contributed by atoms with Crippen molar-refractivity contribution in [2.45, 2.75) is 25.3 Å². The lowest BCUT2D eigenvalue weighted by Gasteiger charge is -2.25. The highest BCUT2D eigenvalue weighted by Gasteiger charge is 2.22. The zero-order chi connectivity index (χ0) is 13.2. The first kappa shape index (κ1) is 12.2. The topological polar surface area (TPSA) is 49.3 Å². The van der Waals surface area contributed by atoms with E-state index in [0.717, 1.165) is 19.3 Å². The molecule has 1 aliphatic rings. The summed E-state index contributed by atoms with van der Waals surface area (Å²) < 4.78 is 0. The Kier molecular flexibility index (Phi) is 3.25. The van der Waals surface area contributed by atoms with E-state index in [1.54, 1.807) is 23.5 Å². The second-order valence-corrected chi connectivity index (χ2v) is 5.74. The second kappa shape index (κ2) is 5.05. The van der Waals surface area contributed by atoms with Crippen LogP contribution in [-0.2, 0) is 6.42 Å². The molecule has 1 heterocycles. The molecular weight excluding hydrogens is 258 g/mol. The van der Waals surface area contributed by atoms with Crippen LogP contribution in [0.15, 0.2) is 35.7 Å². The predicted octanol–water partition coefficient (Wildman–Crippen LogP) is 3.94. The van der Waals surface area contributed by atoms with E-state index in [1.165, 1.54) is 10.4 Å². The van der Waals surface area contributed by atoms with E-state index >= 15 is 0 Å². The predicted molar refractivity (Wildman–Crippen MR) is 77.0 cm³/mol.